The topological polar surface area (TPSA) is 18.5 Å². The van der Waals surface area contributed by atoms with Crippen molar-refractivity contribution < 1.29 is 0 Å². The second-order valence-corrected chi connectivity index (χ2v) is 7.81. The van der Waals surface area contributed by atoms with Gasteiger partial charge in [0.15, 0.2) is 0 Å². The normalized spacial score (nSPS) is 15.9. The molecule has 0 aromatic heterocycles. The van der Waals surface area contributed by atoms with E-state index in [1.165, 1.54) is 11.1 Å². The van der Waals surface area contributed by atoms with Gasteiger partial charge in [0, 0.05) is 30.2 Å². The van der Waals surface area contributed by atoms with Gasteiger partial charge >= 0.3 is 0 Å². The Morgan fingerprint density at radius 2 is 1.96 bits per heavy atom. The van der Waals surface area contributed by atoms with Crippen molar-refractivity contribution in [2.24, 2.45) is 0 Å². The summed E-state index contributed by atoms with van der Waals surface area (Å²) in [5.41, 5.74) is 6.23. The molecule has 136 valence electrons. The van der Waals surface area contributed by atoms with E-state index in [4.69, 9.17) is 11.6 Å². The van der Waals surface area contributed by atoms with Crippen LogP contribution in [0.3, 0.4) is 0 Å². The monoisotopic (exact) mass is 351 g/mol. The van der Waals surface area contributed by atoms with Crippen LogP contribution in [0.4, 0.5) is 0 Å². The molecule has 0 saturated carbocycles. The first-order chi connectivity index (χ1) is 11.3. The molecule has 1 N–H and O–H groups in total. The molecule has 1 saturated heterocycles. The molecule has 0 atom stereocenters. The Morgan fingerprint density at radius 1 is 1.29 bits per heavy atom. The summed E-state index contributed by atoms with van der Waals surface area (Å²) >= 11 is 6.37. The summed E-state index contributed by atoms with van der Waals surface area (Å²) in [7, 11) is 0. The van der Waals surface area contributed by atoms with Crippen LogP contribution in [0.2, 0.25) is 5.02 Å². The summed E-state index contributed by atoms with van der Waals surface area (Å²) in [6.45, 7) is 18.1. The van der Waals surface area contributed by atoms with Crippen molar-refractivity contribution in [2.45, 2.75) is 59.5 Å². The molecule has 0 spiro atoms. The van der Waals surface area contributed by atoms with Gasteiger partial charge < -0.3 is 0 Å². The Hall–Kier alpha value is -0.870. The standard InChI is InChI=1S/C17H28ClN3.C3H6/c1-5-6-15-8-7-14(11-16(15)18)12-20-9-10-21(13-20)19-17(2,3)4;1-3-2/h7-8,11,19H,5-6,9-10,12-13H2,1-4H3;3H,1H2,2H3. The molecular formula is C20H34ClN3. The number of rotatable bonds is 5. The van der Waals surface area contributed by atoms with Crippen LogP contribution in [0.5, 0.6) is 0 Å². The minimum atomic E-state index is 0.126. The largest absolute Gasteiger partial charge is 0.284 e. The average molecular weight is 352 g/mol. The number of hydrogen-bond donors (Lipinski definition) is 1. The summed E-state index contributed by atoms with van der Waals surface area (Å²) < 4.78 is 0. The highest BCUT2D eigenvalue weighted by atomic mass is 35.5. The first kappa shape index (κ1) is 21.2. The van der Waals surface area contributed by atoms with Crippen molar-refractivity contribution in [3.63, 3.8) is 0 Å². The molecule has 1 aliphatic heterocycles. The van der Waals surface area contributed by atoms with E-state index in [9.17, 15) is 0 Å². The number of hydrazine groups is 1. The third-order valence-electron chi connectivity index (χ3n) is 3.59. The van der Waals surface area contributed by atoms with E-state index >= 15 is 0 Å². The van der Waals surface area contributed by atoms with Crippen LogP contribution in [-0.2, 0) is 13.0 Å². The van der Waals surface area contributed by atoms with E-state index < -0.39 is 0 Å². The van der Waals surface area contributed by atoms with Crippen LogP contribution in [0.25, 0.3) is 0 Å². The van der Waals surface area contributed by atoms with E-state index in [1.54, 1.807) is 6.08 Å². The lowest BCUT2D eigenvalue weighted by atomic mass is 10.1. The number of nitrogens with one attached hydrogen (secondary N) is 1. The van der Waals surface area contributed by atoms with Crippen LogP contribution in [0.15, 0.2) is 30.9 Å². The van der Waals surface area contributed by atoms with Gasteiger partial charge in [-0.25, -0.2) is 10.4 Å². The minimum Gasteiger partial charge on any atom is -0.284 e. The van der Waals surface area contributed by atoms with E-state index in [-0.39, 0.29) is 5.54 Å². The van der Waals surface area contributed by atoms with Gasteiger partial charge in [-0.2, -0.15) is 0 Å². The summed E-state index contributed by atoms with van der Waals surface area (Å²) in [6.07, 6.45) is 3.95. The van der Waals surface area contributed by atoms with Gasteiger partial charge in [-0.3, -0.25) is 4.90 Å². The maximum Gasteiger partial charge on any atom is 0.0650 e. The fourth-order valence-corrected chi connectivity index (χ4v) is 3.06. The van der Waals surface area contributed by atoms with Crippen molar-refractivity contribution in [3.05, 3.63) is 47.0 Å². The van der Waals surface area contributed by atoms with E-state index in [2.05, 4.69) is 67.8 Å². The van der Waals surface area contributed by atoms with Gasteiger partial charge in [0.05, 0.1) is 6.67 Å². The third-order valence-corrected chi connectivity index (χ3v) is 3.95. The zero-order chi connectivity index (χ0) is 18.2. The van der Waals surface area contributed by atoms with E-state index in [0.29, 0.717) is 0 Å². The van der Waals surface area contributed by atoms with Crippen LogP contribution < -0.4 is 5.43 Å². The number of nitrogens with zero attached hydrogens (tertiary/aromatic N) is 2. The van der Waals surface area contributed by atoms with Gasteiger partial charge in [-0.15, -0.1) is 6.58 Å². The predicted octanol–water partition coefficient (Wildman–Crippen LogP) is 4.86. The molecule has 0 radical (unpaired) electrons. The smallest absolute Gasteiger partial charge is 0.0650 e. The average Bonchev–Trinajstić information content (AvgIpc) is 2.88. The lowest BCUT2D eigenvalue weighted by Crippen LogP contribution is -2.48. The maximum atomic E-state index is 6.37. The van der Waals surface area contributed by atoms with E-state index in [0.717, 1.165) is 44.2 Å². The first-order valence-corrected chi connectivity index (χ1v) is 9.26. The molecule has 0 aliphatic carbocycles. The summed E-state index contributed by atoms with van der Waals surface area (Å²) in [5.74, 6) is 0. The molecule has 1 aromatic rings. The van der Waals surface area contributed by atoms with Crippen molar-refractivity contribution >= 4 is 11.6 Å². The zero-order valence-electron chi connectivity index (χ0n) is 16.0. The van der Waals surface area contributed by atoms with Gasteiger partial charge in [0.2, 0.25) is 0 Å². The Labute approximate surface area is 153 Å². The number of allylic oxidation sites excluding steroid dienone is 1. The molecule has 0 bridgehead atoms. The fourth-order valence-electron chi connectivity index (χ4n) is 2.76. The molecule has 1 heterocycles. The first-order valence-electron chi connectivity index (χ1n) is 8.88. The van der Waals surface area contributed by atoms with Crippen molar-refractivity contribution in [1.82, 2.24) is 15.3 Å². The maximum absolute atomic E-state index is 6.37. The zero-order valence-corrected chi connectivity index (χ0v) is 16.8. The molecule has 0 unspecified atom stereocenters. The number of halogens is 1. The van der Waals surface area contributed by atoms with Gasteiger partial charge in [-0.05, 0) is 51.3 Å². The fraction of sp³-hybridized carbons (Fsp3) is 0.600. The third kappa shape index (κ3) is 7.80. The Morgan fingerprint density at radius 3 is 2.50 bits per heavy atom. The van der Waals surface area contributed by atoms with Gasteiger partial charge in [0.25, 0.3) is 0 Å². The second-order valence-electron chi connectivity index (χ2n) is 7.40. The predicted molar refractivity (Wildman–Crippen MR) is 106 cm³/mol. The highest BCUT2D eigenvalue weighted by Gasteiger charge is 2.23. The van der Waals surface area contributed by atoms with Gasteiger partial charge in [0.1, 0.15) is 0 Å². The van der Waals surface area contributed by atoms with Crippen molar-refractivity contribution in [2.75, 3.05) is 19.8 Å². The molecule has 1 fully saturated rings. The molecule has 3 nitrogen and oxygen atoms in total. The number of benzene rings is 1. The lowest BCUT2D eigenvalue weighted by molar-refractivity contribution is 0.129. The van der Waals surface area contributed by atoms with Crippen LogP contribution in [-0.4, -0.2) is 35.2 Å². The second kappa shape index (κ2) is 10.2. The van der Waals surface area contributed by atoms with Crippen molar-refractivity contribution in [1.29, 1.82) is 0 Å². The Kier molecular flexibility index (Phi) is 8.99. The molecule has 2 rings (SSSR count). The van der Waals surface area contributed by atoms with Crippen molar-refractivity contribution in [3.8, 4) is 0 Å². The summed E-state index contributed by atoms with van der Waals surface area (Å²) in [4.78, 5) is 2.45. The highest BCUT2D eigenvalue weighted by Crippen LogP contribution is 2.21. The molecule has 0 amide bonds. The number of aryl methyl sites for hydroxylation is 1. The van der Waals surface area contributed by atoms with Crippen LogP contribution >= 0.6 is 11.6 Å². The molecule has 1 aliphatic rings. The highest BCUT2D eigenvalue weighted by molar-refractivity contribution is 6.31. The summed E-state index contributed by atoms with van der Waals surface area (Å²) in [6, 6.07) is 6.53. The Balaban J connectivity index is 0.000000891. The SMILES string of the molecule is C=CC.CCCc1ccc(CN2CCN(NC(C)(C)C)C2)cc1Cl. The quantitative estimate of drug-likeness (QED) is 0.764. The minimum absolute atomic E-state index is 0.126. The molecular weight excluding hydrogens is 318 g/mol. The van der Waals surface area contributed by atoms with Crippen LogP contribution in [0.1, 0.15) is 52.2 Å². The number of hydrogen-bond acceptors (Lipinski definition) is 3. The van der Waals surface area contributed by atoms with Gasteiger partial charge in [-0.1, -0.05) is 43.2 Å². The Bertz CT molecular complexity index is 508. The summed E-state index contributed by atoms with van der Waals surface area (Å²) in [5, 5.41) is 3.21. The molecule has 4 heteroatoms. The van der Waals surface area contributed by atoms with Crippen LogP contribution in [0, 0.1) is 0 Å². The molecule has 24 heavy (non-hydrogen) atoms. The lowest BCUT2D eigenvalue weighted by Gasteiger charge is -2.28. The van der Waals surface area contributed by atoms with E-state index in [1.807, 2.05) is 6.92 Å². The molecule has 1 aromatic carbocycles.